The molecule has 4 rings (SSSR count). The van der Waals surface area contributed by atoms with E-state index < -0.39 is 0 Å². The number of aromatic nitrogens is 2. The van der Waals surface area contributed by atoms with Gasteiger partial charge in [0, 0.05) is 24.8 Å². The summed E-state index contributed by atoms with van der Waals surface area (Å²) in [6, 6.07) is 8.24. The molecule has 0 unspecified atom stereocenters. The van der Waals surface area contributed by atoms with E-state index in [1.54, 1.807) is 4.57 Å². The molecule has 1 aromatic carbocycles. The second-order valence-electron chi connectivity index (χ2n) is 7.03. The lowest BCUT2D eigenvalue weighted by Gasteiger charge is -2.22. The Labute approximate surface area is 147 Å². The molecule has 0 spiro atoms. The van der Waals surface area contributed by atoms with Gasteiger partial charge in [-0.25, -0.2) is 4.79 Å². The Kier molecular flexibility index (Phi) is 4.57. The molecule has 1 saturated carbocycles. The number of nitrogens with zero attached hydrogens (tertiary/aromatic N) is 2. The van der Waals surface area contributed by atoms with Gasteiger partial charge in [0.25, 0.3) is 0 Å². The molecule has 0 atom stereocenters. The minimum absolute atomic E-state index is 0.246. The number of hydrogen-bond acceptors (Lipinski definition) is 4. The van der Waals surface area contributed by atoms with Crippen LogP contribution in [0.3, 0.4) is 0 Å². The van der Waals surface area contributed by atoms with Crippen molar-refractivity contribution in [3.8, 4) is 17.1 Å². The van der Waals surface area contributed by atoms with Crippen molar-refractivity contribution in [3.05, 3.63) is 45.9 Å². The summed E-state index contributed by atoms with van der Waals surface area (Å²) in [5.41, 5.74) is 4.19. The van der Waals surface area contributed by atoms with Gasteiger partial charge in [-0.1, -0.05) is 31.0 Å². The molecule has 0 saturated heterocycles. The van der Waals surface area contributed by atoms with Crippen LogP contribution in [-0.4, -0.2) is 23.3 Å². The van der Waals surface area contributed by atoms with Gasteiger partial charge in [-0.2, -0.15) is 4.98 Å². The average molecular weight is 340 g/mol. The van der Waals surface area contributed by atoms with Crippen LogP contribution in [0.15, 0.2) is 29.1 Å². The van der Waals surface area contributed by atoms with Crippen molar-refractivity contribution in [2.75, 3.05) is 13.7 Å². The maximum absolute atomic E-state index is 12.1. The van der Waals surface area contributed by atoms with Crippen molar-refractivity contribution in [1.29, 1.82) is 0 Å². The van der Waals surface area contributed by atoms with Crippen molar-refractivity contribution in [2.24, 2.45) is 5.92 Å². The fraction of sp³-hybridized carbons (Fsp3) is 0.500. The highest BCUT2D eigenvalue weighted by Gasteiger charge is 2.19. The van der Waals surface area contributed by atoms with E-state index >= 15 is 0 Å². The molecule has 1 aromatic heterocycles. The van der Waals surface area contributed by atoms with E-state index in [1.807, 2.05) is 6.07 Å². The second-order valence-corrected chi connectivity index (χ2v) is 7.03. The predicted octanol–water partition coefficient (Wildman–Crippen LogP) is 3.18. The molecule has 1 aliphatic carbocycles. The molecule has 0 bridgehead atoms. The highest BCUT2D eigenvalue weighted by molar-refractivity contribution is 5.67. The number of fused-ring (bicyclic) bond motifs is 3. The van der Waals surface area contributed by atoms with Crippen LogP contribution in [0.2, 0.25) is 0 Å². The van der Waals surface area contributed by atoms with Gasteiger partial charge >= 0.3 is 5.69 Å². The van der Waals surface area contributed by atoms with E-state index in [-0.39, 0.29) is 5.69 Å². The van der Waals surface area contributed by atoms with E-state index in [4.69, 9.17) is 9.47 Å². The summed E-state index contributed by atoms with van der Waals surface area (Å²) in [5.74, 6) is 1.12. The lowest BCUT2D eigenvalue weighted by Crippen LogP contribution is -2.28. The minimum atomic E-state index is -0.246. The van der Waals surface area contributed by atoms with Gasteiger partial charge in [-0.15, -0.1) is 0 Å². The molecule has 0 N–H and O–H groups in total. The Morgan fingerprint density at radius 2 is 2.08 bits per heavy atom. The SMILES string of the molecule is COc1cc2n(c(=O)n1)CCc1cc(COCC3CCCC3)ccc1-2. The summed E-state index contributed by atoms with van der Waals surface area (Å²) in [6.07, 6.45) is 6.16. The number of aryl methyl sites for hydroxylation is 1. The fourth-order valence-electron chi connectivity index (χ4n) is 3.97. The second kappa shape index (κ2) is 7.00. The molecule has 1 fully saturated rings. The highest BCUT2D eigenvalue weighted by Crippen LogP contribution is 2.31. The maximum atomic E-state index is 12.1. The molecule has 1 aliphatic heterocycles. The molecule has 0 radical (unpaired) electrons. The van der Waals surface area contributed by atoms with Crippen LogP contribution in [0.1, 0.15) is 36.8 Å². The van der Waals surface area contributed by atoms with Gasteiger partial charge in [0.05, 0.1) is 19.4 Å². The summed E-state index contributed by atoms with van der Waals surface area (Å²) in [5, 5.41) is 0. The molecule has 132 valence electrons. The first-order valence-electron chi connectivity index (χ1n) is 9.10. The van der Waals surface area contributed by atoms with Crippen LogP contribution in [0.5, 0.6) is 5.88 Å². The summed E-state index contributed by atoms with van der Waals surface area (Å²) in [4.78, 5) is 16.1. The molecule has 2 aromatic rings. The molecule has 2 heterocycles. The van der Waals surface area contributed by atoms with Crippen LogP contribution in [-0.2, 0) is 24.3 Å². The summed E-state index contributed by atoms with van der Waals surface area (Å²) < 4.78 is 12.8. The topological polar surface area (TPSA) is 53.4 Å². The van der Waals surface area contributed by atoms with Crippen LogP contribution >= 0.6 is 0 Å². The third-order valence-electron chi connectivity index (χ3n) is 5.34. The summed E-state index contributed by atoms with van der Waals surface area (Å²) in [7, 11) is 1.54. The summed E-state index contributed by atoms with van der Waals surface area (Å²) in [6.45, 7) is 2.19. The Morgan fingerprint density at radius 3 is 2.88 bits per heavy atom. The Balaban J connectivity index is 1.53. The third kappa shape index (κ3) is 3.33. The van der Waals surface area contributed by atoms with E-state index in [2.05, 4.69) is 23.2 Å². The zero-order valence-electron chi connectivity index (χ0n) is 14.7. The van der Waals surface area contributed by atoms with Gasteiger partial charge in [0.15, 0.2) is 0 Å². The van der Waals surface area contributed by atoms with Crippen molar-refractivity contribution in [2.45, 2.75) is 45.3 Å². The molecule has 2 aliphatic rings. The number of rotatable bonds is 5. The first-order chi connectivity index (χ1) is 12.2. The third-order valence-corrected chi connectivity index (χ3v) is 5.34. The van der Waals surface area contributed by atoms with Gasteiger partial charge in [-0.05, 0) is 36.3 Å². The smallest absolute Gasteiger partial charge is 0.351 e. The highest BCUT2D eigenvalue weighted by atomic mass is 16.5. The van der Waals surface area contributed by atoms with Gasteiger partial charge < -0.3 is 9.47 Å². The zero-order chi connectivity index (χ0) is 17.2. The standard InChI is InChI=1S/C20H24N2O3/c1-24-19-11-18-17-7-6-15(13-25-12-14-4-2-3-5-14)10-16(17)8-9-22(18)20(23)21-19/h6-7,10-11,14H,2-5,8-9,12-13H2,1H3. The largest absolute Gasteiger partial charge is 0.481 e. The zero-order valence-corrected chi connectivity index (χ0v) is 14.7. The maximum Gasteiger partial charge on any atom is 0.351 e. The number of benzene rings is 1. The Bertz CT molecular complexity index is 822. The molecule has 25 heavy (non-hydrogen) atoms. The van der Waals surface area contributed by atoms with Crippen LogP contribution in [0, 0.1) is 5.92 Å². The molecule has 5 heteroatoms. The lowest BCUT2D eigenvalue weighted by atomic mass is 9.96. The molecular formula is C20H24N2O3. The fourth-order valence-corrected chi connectivity index (χ4v) is 3.97. The van der Waals surface area contributed by atoms with Crippen molar-refractivity contribution in [1.82, 2.24) is 9.55 Å². The Morgan fingerprint density at radius 1 is 1.24 bits per heavy atom. The number of hydrogen-bond donors (Lipinski definition) is 0. The molecular weight excluding hydrogens is 316 g/mol. The minimum Gasteiger partial charge on any atom is -0.481 e. The van der Waals surface area contributed by atoms with E-state index in [1.165, 1.54) is 43.9 Å². The first-order valence-corrected chi connectivity index (χ1v) is 9.10. The van der Waals surface area contributed by atoms with Crippen molar-refractivity contribution in [3.63, 3.8) is 0 Å². The monoisotopic (exact) mass is 340 g/mol. The number of ether oxygens (including phenoxy) is 2. The van der Waals surface area contributed by atoms with Gasteiger partial charge in [0.2, 0.25) is 5.88 Å². The quantitative estimate of drug-likeness (QED) is 0.839. The molecule has 0 amide bonds. The average Bonchev–Trinajstić information content (AvgIpc) is 3.14. The lowest BCUT2D eigenvalue weighted by molar-refractivity contribution is 0.0888. The first kappa shape index (κ1) is 16.3. The van der Waals surface area contributed by atoms with E-state index in [9.17, 15) is 4.79 Å². The van der Waals surface area contributed by atoms with Crippen molar-refractivity contribution < 1.29 is 9.47 Å². The summed E-state index contributed by atoms with van der Waals surface area (Å²) >= 11 is 0. The van der Waals surface area contributed by atoms with Crippen LogP contribution in [0.25, 0.3) is 11.3 Å². The van der Waals surface area contributed by atoms with Gasteiger partial charge in [-0.3, -0.25) is 4.57 Å². The predicted molar refractivity (Wildman–Crippen MR) is 95.8 cm³/mol. The van der Waals surface area contributed by atoms with Gasteiger partial charge in [0.1, 0.15) is 0 Å². The van der Waals surface area contributed by atoms with E-state index in [0.717, 1.165) is 30.2 Å². The van der Waals surface area contributed by atoms with Crippen LogP contribution < -0.4 is 10.4 Å². The van der Waals surface area contributed by atoms with E-state index in [0.29, 0.717) is 19.0 Å². The number of methoxy groups -OCH3 is 1. The van der Waals surface area contributed by atoms with Crippen molar-refractivity contribution >= 4 is 0 Å². The normalized spacial score (nSPS) is 16.5. The Hall–Kier alpha value is -2.14. The van der Waals surface area contributed by atoms with Crippen LogP contribution in [0.4, 0.5) is 0 Å². The molecule has 5 nitrogen and oxygen atoms in total.